The molecule has 0 saturated heterocycles. The van der Waals surface area contributed by atoms with Crippen molar-refractivity contribution in [1.82, 2.24) is 0 Å². The van der Waals surface area contributed by atoms with E-state index < -0.39 is 0 Å². The molecule has 5 heterocycles. The highest BCUT2D eigenvalue weighted by Gasteiger charge is 2.57. The lowest BCUT2D eigenvalue weighted by Crippen LogP contribution is -2.53. The van der Waals surface area contributed by atoms with E-state index in [0.717, 1.165) is 87.0 Å². The van der Waals surface area contributed by atoms with E-state index >= 15 is 0 Å². The summed E-state index contributed by atoms with van der Waals surface area (Å²) in [4.78, 5) is 9.95. The molecular formula is C40H24B2Br2N4O2S. The molecule has 0 radical (unpaired) electrons. The molecule has 0 fully saturated rings. The van der Waals surface area contributed by atoms with Gasteiger partial charge in [0, 0.05) is 31.2 Å². The van der Waals surface area contributed by atoms with Crippen molar-refractivity contribution in [3.63, 3.8) is 0 Å². The van der Waals surface area contributed by atoms with Crippen LogP contribution >= 0.6 is 43.2 Å². The van der Waals surface area contributed by atoms with E-state index in [1.54, 1.807) is 0 Å². The molecule has 0 spiro atoms. The summed E-state index contributed by atoms with van der Waals surface area (Å²) in [6.45, 7) is -0.445. The lowest BCUT2D eigenvalue weighted by atomic mass is 9.64. The summed E-state index contributed by atoms with van der Waals surface area (Å²) in [5.74, 6) is 3.34. The van der Waals surface area contributed by atoms with E-state index in [9.17, 15) is 0 Å². The smallest absolute Gasteiger partial charge is 0.425 e. The molecule has 11 heteroatoms. The van der Waals surface area contributed by atoms with Crippen LogP contribution in [0.2, 0.25) is 0 Å². The van der Waals surface area contributed by atoms with Gasteiger partial charge >= 0.3 is 14.0 Å². The van der Waals surface area contributed by atoms with E-state index in [-0.39, 0.29) is 14.0 Å². The molecule has 0 aliphatic carbocycles. The van der Waals surface area contributed by atoms with Gasteiger partial charge in [-0.1, -0.05) is 96.3 Å². The number of thiophene rings is 1. The van der Waals surface area contributed by atoms with Gasteiger partial charge in [0.1, 0.15) is 33.0 Å². The summed E-state index contributed by atoms with van der Waals surface area (Å²) in [7, 11) is 0. The second kappa shape index (κ2) is 11.2. The molecule has 0 saturated carbocycles. The quantitative estimate of drug-likeness (QED) is 0.162. The Bertz CT molecular complexity index is 2390. The van der Waals surface area contributed by atoms with Crippen LogP contribution in [-0.4, -0.2) is 14.0 Å². The molecule has 6 nitrogen and oxygen atoms in total. The molecule has 0 bridgehead atoms. The number of halogens is 2. The minimum Gasteiger partial charge on any atom is -0.456 e. The van der Waals surface area contributed by atoms with Gasteiger partial charge in [-0.2, -0.15) is 0 Å². The number of hydrogen-bond donors (Lipinski definition) is 0. The number of hydrogen-bond acceptors (Lipinski definition) is 7. The lowest BCUT2D eigenvalue weighted by Gasteiger charge is -2.32. The van der Waals surface area contributed by atoms with Crippen LogP contribution in [0.25, 0.3) is 0 Å². The van der Waals surface area contributed by atoms with Crippen LogP contribution in [0.4, 0.5) is 44.1 Å². The minimum atomic E-state index is -0.223. The number of para-hydroxylation sites is 8. The first-order chi connectivity index (χ1) is 25.2. The number of rotatable bonds is 2. The van der Waals surface area contributed by atoms with Crippen LogP contribution in [0.5, 0.6) is 23.0 Å². The Balaban J connectivity index is 1.28. The van der Waals surface area contributed by atoms with Crippen LogP contribution < -0.4 is 39.6 Å². The van der Waals surface area contributed by atoms with Crippen molar-refractivity contribution < 1.29 is 9.47 Å². The average molecular weight is 806 g/mol. The van der Waals surface area contributed by atoms with Gasteiger partial charge < -0.3 is 28.7 Å². The van der Waals surface area contributed by atoms with E-state index in [0.29, 0.717) is 0 Å². The van der Waals surface area contributed by atoms with E-state index in [4.69, 9.17) is 9.47 Å². The Hall–Kier alpha value is -5.09. The molecule has 4 aliphatic rings. The summed E-state index contributed by atoms with van der Waals surface area (Å²) < 4.78 is 15.5. The second-order valence-corrected chi connectivity index (χ2v) is 15.4. The fourth-order valence-corrected chi connectivity index (χ4v) is 10.3. The summed E-state index contributed by atoms with van der Waals surface area (Å²) in [5, 5.41) is 2.28. The summed E-state index contributed by atoms with van der Waals surface area (Å²) >= 11 is 9.78. The number of ether oxygens (including phenoxy) is 2. The third-order valence-corrected chi connectivity index (χ3v) is 12.5. The minimum absolute atomic E-state index is 0.223. The van der Waals surface area contributed by atoms with Crippen LogP contribution in [-0.2, 0) is 0 Å². The van der Waals surface area contributed by atoms with Gasteiger partial charge in [-0.15, -0.1) is 0 Å². The molecule has 0 N–H and O–H groups in total. The molecule has 11 rings (SSSR count). The van der Waals surface area contributed by atoms with E-state index in [1.165, 1.54) is 0 Å². The normalized spacial score (nSPS) is 14.5. The molecule has 1 aromatic heterocycles. The van der Waals surface area contributed by atoms with E-state index in [2.05, 4.69) is 185 Å². The first-order valence-electron chi connectivity index (χ1n) is 16.7. The standard InChI is InChI=1S/C40H24B2Br2N4O2S/c43-27-15-3-5-17-29(27)45-37-38-40(51-39(37)47-31-19-7-11-23-35(31)49-33-21-9-1-13-25(33)41(45)47)48-32-20-8-12-24-36(32)50-34-22-10-2-14-26(34)42(48)46(38)30-18-6-4-16-28(30)44/h1-24H. The monoisotopic (exact) mass is 804 g/mol. The zero-order valence-electron chi connectivity index (χ0n) is 26.8. The summed E-state index contributed by atoms with van der Waals surface area (Å²) in [5.41, 5.74) is 8.62. The number of nitrogens with zero attached hydrogens (tertiary/aromatic N) is 4. The largest absolute Gasteiger partial charge is 0.456 e. The molecule has 4 aliphatic heterocycles. The molecule has 0 atom stereocenters. The van der Waals surface area contributed by atoms with Crippen molar-refractivity contribution >= 4 is 112 Å². The van der Waals surface area contributed by atoms with Crippen molar-refractivity contribution in [2.45, 2.75) is 0 Å². The average Bonchev–Trinajstić information content (AvgIpc) is 3.71. The van der Waals surface area contributed by atoms with Gasteiger partial charge in [0.25, 0.3) is 0 Å². The Morgan fingerprint density at radius 2 is 0.745 bits per heavy atom. The van der Waals surface area contributed by atoms with Gasteiger partial charge in [-0.05, 0) is 92.5 Å². The molecule has 7 aromatic rings. The van der Waals surface area contributed by atoms with Crippen molar-refractivity contribution in [1.29, 1.82) is 0 Å². The third-order valence-electron chi connectivity index (χ3n) is 10.0. The van der Waals surface area contributed by atoms with Crippen molar-refractivity contribution in [2.24, 2.45) is 0 Å². The second-order valence-electron chi connectivity index (χ2n) is 12.8. The molecule has 0 unspecified atom stereocenters. The number of anilines is 8. The fraction of sp³-hybridized carbons (Fsp3) is 0. The van der Waals surface area contributed by atoms with Gasteiger partial charge in [0.2, 0.25) is 0 Å². The molecule has 242 valence electrons. The number of benzene rings is 6. The van der Waals surface area contributed by atoms with Gasteiger partial charge in [0.05, 0.1) is 22.7 Å². The van der Waals surface area contributed by atoms with Crippen molar-refractivity contribution in [2.75, 3.05) is 19.2 Å². The van der Waals surface area contributed by atoms with Crippen molar-refractivity contribution in [3.05, 3.63) is 155 Å². The highest BCUT2D eigenvalue weighted by molar-refractivity contribution is 9.11. The Morgan fingerprint density at radius 1 is 0.392 bits per heavy atom. The van der Waals surface area contributed by atoms with Crippen LogP contribution in [0.1, 0.15) is 0 Å². The van der Waals surface area contributed by atoms with E-state index in [1.807, 2.05) is 23.5 Å². The Morgan fingerprint density at radius 3 is 1.18 bits per heavy atom. The predicted octanol–water partition coefficient (Wildman–Crippen LogP) is 10.9. The summed E-state index contributed by atoms with van der Waals surface area (Å²) in [6, 6.07) is 50.7. The van der Waals surface area contributed by atoms with Crippen molar-refractivity contribution in [3.8, 4) is 23.0 Å². The van der Waals surface area contributed by atoms with Crippen LogP contribution in [0.3, 0.4) is 0 Å². The SMILES string of the molecule is Brc1ccccc1N1B2c3ccccc3Oc3ccccc3N2c2sc3c(c21)N(c1ccccc1Br)B1c2ccccc2Oc2ccccc2N13. The molecule has 51 heavy (non-hydrogen) atoms. The highest BCUT2D eigenvalue weighted by atomic mass is 79.9. The van der Waals surface area contributed by atoms with Gasteiger partial charge in [-0.25, -0.2) is 0 Å². The molecule has 6 aromatic carbocycles. The maximum atomic E-state index is 6.72. The van der Waals surface area contributed by atoms with Crippen LogP contribution in [0.15, 0.2) is 155 Å². The van der Waals surface area contributed by atoms with Gasteiger partial charge in [-0.3, -0.25) is 0 Å². The molecular weight excluding hydrogens is 782 g/mol. The lowest BCUT2D eigenvalue weighted by molar-refractivity contribution is 0.489. The summed E-state index contributed by atoms with van der Waals surface area (Å²) in [6.07, 6.45) is 0. The van der Waals surface area contributed by atoms with Gasteiger partial charge in [0.15, 0.2) is 0 Å². The zero-order chi connectivity index (χ0) is 33.8. The topological polar surface area (TPSA) is 31.4 Å². The first-order valence-corrected chi connectivity index (χ1v) is 19.1. The maximum Gasteiger partial charge on any atom is 0.425 e. The number of fused-ring (bicyclic) bond motifs is 15. The highest BCUT2D eigenvalue weighted by Crippen LogP contribution is 2.67. The maximum absolute atomic E-state index is 6.72. The Kier molecular flexibility index (Phi) is 6.51. The Labute approximate surface area is 316 Å². The fourth-order valence-electron chi connectivity index (χ4n) is 7.98. The third kappa shape index (κ3) is 4.16. The van der Waals surface area contributed by atoms with Crippen LogP contribution in [0, 0.1) is 0 Å². The molecule has 0 amide bonds. The zero-order valence-corrected chi connectivity index (χ0v) is 30.8. The first kappa shape index (κ1) is 29.6. The predicted molar refractivity (Wildman–Crippen MR) is 218 cm³/mol.